The van der Waals surface area contributed by atoms with Gasteiger partial charge in [0.25, 0.3) is 5.91 Å². The maximum atomic E-state index is 12.5. The van der Waals surface area contributed by atoms with E-state index in [-0.39, 0.29) is 5.69 Å². The largest absolute Gasteiger partial charge is 0.480 e. The van der Waals surface area contributed by atoms with E-state index in [1.165, 1.54) is 14.0 Å². The molecule has 122 valence electrons. The number of carboxylic acids is 1. The number of aromatic nitrogens is 3. The van der Waals surface area contributed by atoms with Crippen molar-refractivity contribution in [2.45, 2.75) is 26.3 Å². The number of hydrogen-bond donors (Lipinski definition) is 1. The van der Waals surface area contributed by atoms with Crippen LogP contribution in [0.15, 0.2) is 24.3 Å². The standard InChI is InChI=1S/C15H17ClN4O3/c1-4-12-13(14(21)19(3)9(2)15(22)23)17-18-20(12)11-7-5-6-10(16)8-11/h5-9H,4H2,1-3H3,(H,22,23). The highest BCUT2D eigenvalue weighted by Crippen LogP contribution is 2.19. The Morgan fingerprint density at radius 2 is 2.13 bits per heavy atom. The zero-order chi connectivity index (χ0) is 17.1. The van der Waals surface area contributed by atoms with Crippen LogP contribution in [0.1, 0.15) is 30.0 Å². The first kappa shape index (κ1) is 17.0. The van der Waals surface area contributed by atoms with Crippen molar-refractivity contribution in [2.24, 2.45) is 0 Å². The number of amides is 1. The minimum absolute atomic E-state index is 0.142. The number of halogens is 1. The molecule has 0 aliphatic heterocycles. The van der Waals surface area contributed by atoms with Crippen molar-refractivity contribution >= 4 is 23.5 Å². The maximum absolute atomic E-state index is 12.5. The summed E-state index contributed by atoms with van der Waals surface area (Å²) in [6.07, 6.45) is 0.510. The van der Waals surface area contributed by atoms with Crippen LogP contribution in [-0.4, -0.2) is 50.0 Å². The molecule has 0 saturated heterocycles. The molecule has 1 unspecified atom stereocenters. The van der Waals surface area contributed by atoms with Gasteiger partial charge < -0.3 is 10.0 Å². The Balaban J connectivity index is 2.42. The molecule has 0 radical (unpaired) electrons. The van der Waals surface area contributed by atoms with Gasteiger partial charge in [-0.2, -0.15) is 0 Å². The topological polar surface area (TPSA) is 88.3 Å². The van der Waals surface area contributed by atoms with Gasteiger partial charge in [-0.1, -0.05) is 29.8 Å². The van der Waals surface area contributed by atoms with E-state index in [2.05, 4.69) is 10.3 Å². The lowest BCUT2D eigenvalue weighted by Crippen LogP contribution is -2.40. The van der Waals surface area contributed by atoms with Crippen LogP contribution in [0.25, 0.3) is 5.69 Å². The van der Waals surface area contributed by atoms with Crippen LogP contribution in [0.4, 0.5) is 0 Å². The number of hydrogen-bond acceptors (Lipinski definition) is 4. The van der Waals surface area contributed by atoms with Crippen molar-refractivity contribution in [2.75, 3.05) is 7.05 Å². The molecule has 0 bridgehead atoms. The Kier molecular flexibility index (Phi) is 5.00. The van der Waals surface area contributed by atoms with E-state index in [9.17, 15) is 9.59 Å². The molecule has 7 nitrogen and oxygen atoms in total. The maximum Gasteiger partial charge on any atom is 0.326 e. The highest BCUT2D eigenvalue weighted by molar-refractivity contribution is 6.30. The van der Waals surface area contributed by atoms with Crippen LogP contribution < -0.4 is 0 Å². The number of nitrogens with zero attached hydrogens (tertiary/aromatic N) is 4. The SMILES string of the molecule is CCc1c(C(=O)N(C)C(C)C(=O)O)nnn1-c1cccc(Cl)c1. The third-order valence-corrected chi connectivity index (χ3v) is 3.85. The van der Waals surface area contributed by atoms with Crippen molar-refractivity contribution in [3.05, 3.63) is 40.7 Å². The number of likely N-dealkylation sites (N-methyl/N-ethyl adjacent to an activating group) is 1. The predicted octanol–water partition coefficient (Wildman–Crippen LogP) is 2.03. The van der Waals surface area contributed by atoms with Gasteiger partial charge in [0.15, 0.2) is 5.69 Å². The second kappa shape index (κ2) is 6.78. The molecule has 1 aromatic carbocycles. The Labute approximate surface area is 138 Å². The van der Waals surface area contributed by atoms with Crippen molar-refractivity contribution in [1.82, 2.24) is 19.9 Å². The summed E-state index contributed by atoms with van der Waals surface area (Å²) in [6, 6.07) is 6.08. The molecule has 23 heavy (non-hydrogen) atoms. The van der Waals surface area contributed by atoms with E-state index in [1.807, 2.05) is 6.92 Å². The molecular formula is C15H17ClN4O3. The number of carbonyl (C=O) groups is 2. The van der Waals surface area contributed by atoms with Crippen LogP contribution >= 0.6 is 11.6 Å². The van der Waals surface area contributed by atoms with Crippen molar-refractivity contribution in [1.29, 1.82) is 0 Å². The summed E-state index contributed by atoms with van der Waals surface area (Å²) in [7, 11) is 1.43. The summed E-state index contributed by atoms with van der Waals surface area (Å²) in [5.41, 5.74) is 1.43. The van der Waals surface area contributed by atoms with E-state index in [1.54, 1.807) is 28.9 Å². The molecule has 0 aliphatic rings. The second-order valence-corrected chi connectivity index (χ2v) is 5.50. The number of carbonyl (C=O) groups excluding carboxylic acids is 1. The lowest BCUT2D eigenvalue weighted by atomic mass is 10.2. The zero-order valence-electron chi connectivity index (χ0n) is 13.0. The first-order valence-corrected chi connectivity index (χ1v) is 7.45. The average Bonchev–Trinajstić information content (AvgIpc) is 2.96. The molecule has 0 aliphatic carbocycles. The molecule has 1 aromatic heterocycles. The highest BCUT2D eigenvalue weighted by Gasteiger charge is 2.27. The number of rotatable bonds is 5. The van der Waals surface area contributed by atoms with E-state index in [0.29, 0.717) is 22.8 Å². The van der Waals surface area contributed by atoms with Crippen molar-refractivity contribution < 1.29 is 14.7 Å². The summed E-state index contributed by atoms with van der Waals surface area (Å²) in [4.78, 5) is 24.7. The van der Waals surface area contributed by atoms with Gasteiger partial charge in [-0.3, -0.25) is 4.79 Å². The second-order valence-electron chi connectivity index (χ2n) is 5.06. The van der Waals surface area contributed by atoms with E-state index < -0.39 is 17.9 Å². The van der Waals surface area contributed by atoms with Crippen molar-refractivity contribution in [3.8, 4) is 5.69 Å². The summed E-state index contributed by atoms with van der Waals surface area (Å²) < 4.78 is 1.54. The van der Waals surface area contributed by atoms with Crippen LogP contribution in [0, 0.1) is 0 Å². The summed E-state index contributed by atoms with van der Waals surface area (Å²) in [6.45, 7) is 3.31. The molecule has 1 heterocycles. The quantitative estimate of drug-likeness (QED) is 0.902. The van der Waals surface area contributed by atoms with Crippen molar-refractivity contribution in [3.63, 3.8) is 0 Å². The molecule has 0 spiro atoms. The molecule has 1 amide bonds. The minimum atomic E-state index is -1.08. The number of benzene rings is 1. The lowest BCUT2D eigenvalue weighted by Gasteiger charge is -2.20. The summed E-state index contributed by atoms with van der Waals surface area (Å²) in [5.74, 6) is -1.56. The molecule has 8 heteroatoms. The van der Waals surface area contributed by atoms with Gasteiger partial charge in [0.05, 0.1) is 11.4 Å². The van der Waals surface area contributed by atoms with Crippen LogP contribution in [0.5, 0.6) is 0 Å². The first-order chi connectivity index (χ1) is 10.9. The summed E-state index contributed by atoms with van der Waals surface area (Å²) >= 11 is 5.98. The van der Waals surface area contributed by atoms with Gasteiger partial charge in [-0.15, -0.1) is 5.10 Å². The minimum Gasteiger partial charge on any atom is -0.480 e. The molecule has 0 fully saturated rings. The summed E-state index contributed by atoms with van der Waals surface area (Å²) in [5, 5.41) is 17.5. The van der Waals surface area contributed by atoms with Gasteiger partial charge >= 0.3 is 5.97 Å². The van der Waals surface area contributed by atoms with Gasteiger partial charge in [-0.05, 0) is 31.5 Å². The molecular weight excluding hydrogens is 320 g/mol. The number of carboxylic acid groups (broad SMARTS) is 1. The smallest absolute Gasteiger partial charge is 0.326 e. The van der Waals surface area contributed by atoms with Gasteiger partial charge in [0, 0.05) is 12.1 Å². The molecule has 1 atom stereocenters. The molecule has 1 N–H and O–H groups in total. The molecule has 0 saturated carbocycles. The zero-order valence-corrected chi connectivity index (χ0v) is 13.8. The van der Waals surface area contributed by atoms with Gasteiger partial charge in [0.1, 0.15) is 6.04 Å². The Morgan fingerprint density at radius 3 is 2.70 bits per heavy atom. The van der Waals surface area contributed by atoms with Gasteiger partial charge in [-0.25, -0.2) is 9.48 Å². The fraction of sp³-hybridized carbons (Fsp3) is 0.333. The average molecular weight is 337 g/mol. The van der Waals surface area contributed by atoms with Crippen LogP contribution in [0.2, 0.25) is 5.02 Å². The third-order valence-electron chi connectivity index (χ3n) is 3.61. The normalized spacial score (nSPS) is 12.0. The van der Waals surface area contributed by atoms with E-state index >= 15 is 0 Å². The van der Waals surface area contributed by atoms with Gasteiger partial charge in [0.2, 0.25) is 0 Å². The first-order valence-electron chi connectivity index (χ1n) is 7.07. The fourth-order valence-electron chi connectivity index (χ4n) is 2.11. The molecule has 2 aromatic rings. The molecule has 2 rings (SSSR count). The number of aliphatic carboxylic acids is 1. The van der Waals surface area contributed by atoms with E-state index in [4.69, 9.17) is 16.7 Å². The van der Waals surface area contributed by atoms with Crippen LogP contribution in [-0.2, 0) is 11.2 Å². The van der Waals surface area contributed by atoms with Crippen LogP contribution in [0.3, 0.4) is 0 Å². The highest BCUT2D eigenvalue weighted by atomic mass is 35.5. The Morgan fingerprint density at radius 1 is 1.43 bits per heavy atom. The Hall–Kier alpha value is -2.41. The fourth-order valence-corrected chi connectivity index (χ4v) is 2.29. The third kappa shape index (κ3) is 3.34. The van der Waals surface area contributed by atoms with E-state index in [0.717, 1.165) is 4.90 Å². The lowest BCUT2D eigenvalue weighted by molar-refractivity contribution is -0.141. The predicted molar refractivity (Wildman–Crippen MR) is 84.9 cm³/mol. The monoisotopic (exact) mass is 336 g/mol. The Bertz CT molecular complexity index is 744.